The van der Waals surface area contributed by atoms with Gasteiger partial charge in [-0.2, -0.15) is 0 Å². The first kappa shape index (κ1) is 20.2. The molecular weight excluding hydrogens is 333 g/mol. The second-order valence-electron chi connectivity index (χ2n) is 5.11. The second kappa shape index (κ2) is 10.9. The molecule has 2 aromatic carbocycles. The number of hydrogen-bond donors (Lipinski definition) is 2. The van der Waals surface area contributed by atoms with E-state index in [1.54, 1.807) is 19.2 Å². The third-order valence-electron chi connectivity index (χ3n) is 3.41. The Labute approximate surface area is 148 Å². The van der Waals surface area contributed by atoms with E-state index < -0.39 is 0 Å². The normalized spacial score (nSPS) is 10.1. The summed E-state index contributed by atoms with van der Waals surface area (Å²) in [7, 11) is 1.59. The highest BCUT2D eigenvalue weighted by Gasteiger charge is 2.05. The second-order valence-corrected chi connectivity index (χ2v) is 5.11. The smallest absolute Gasteiger partial charge is 0.161 e. The molecule has 0 bridgehead atoms. The van der Waals surface area contributed by atoms with Crippen LogP contribution in [0.25, 0.3) is 0 Å². The maximum atomic E-state index is 12.8. The number of rotatable bonds is 9. The third kappa shape index (κ3) is 6.35. The van der Waals surface area contributed by atoms with Crippen LogP contribution in [0.4, 0.5) is 4.39 Å². The first-order chi connectivity index (χ1) is 11.2. The first-order valence-electron chi connectivity index (χ1n) is 7.58. The molecule has 0 aliphatic heterocycles. The molecule has 132 valence electrons. The van der Waals surface area contributed by atoms with Crippen LogP contribution >= 0.6 is 12.4 Å². The highest BCUT2D eigenvalue weighted by Crippen LogP contribution is 2.27. The van der Waals surface area contributed by atoms with Gasteiger partial charge in [-0.15, -0.1) is 12.4 Å². The van der Waals surface area contributed by atoms with Crippen LogP contribution in [-0.4, -0.2) is 32.0 Å². The van der Waals surface area contributed by atoms with Crippen molar-refractivity contribution in [1.29, 1.82) is 0 Å². The minimum Gasteiger partial charge on any atom is -0.493 e. The van der Waals surface area contributed by atoms with E-state index in [4.69, 9.17) is 14.6 Å². The molecule has 0 aromatic heterocycles. The minimum absolute atomic E-state index is 0. The van der Waals surface area contributed by atoms with Gasteiger partial charge in [-0.1, -0.05) is 18.2 Å². The molecule has 0 spiro atoms. The average Bonchev–Trinajstić information content (AvgIpc) is 2.58. The van der Waals surface area contributed by atoms with Crippen molar-refractivity contribution >= 4 is 12.4 Å². The van der Waals surface area contributed by atoms with Crippen LogP contribution in [-0.2, 0) is 13.0 Å². The number of methoxy groups -OCH3 is 1. The number of ether oxygens (including phenoxy) is 2. The Kier molecular flexibility index (Phi) is 9.15. The lowest BCUT2D eigenvalue weighted by Gasteiger charge is -2.12. The quantitative estimate of drug-likeness (QED) is 0.679. The largest absolute Gasteiger partial charge is 0.493 e. The van der Waals surface area contributed by atoms with E-state index in [1.807, 2.05) is 18.2 Å². The molecule has 0 radical (unpaired) electrons. The highest BCUT2D eigenvalue weighted by molar-refractivity contribution is 5.85. The molecule has 0 aliphatic rings. The van der Waals surface area contributed by atoms with Gasteiger partial charge in [0.15, 0.2) is 11.5 Å². The van der Waals surface area contributed by atoms with Crippen molar-refractivity contribution in [1.82, 2.24) is 5.32 Å². The van der Waals surface area contributed by atoms with Crippen molar-refractivity contribution in [2.75, 3.05) is 26.9 Å². The Balaban J connectivity index is 0.00000288. The molecule has 0 saturated heterocycles. The van der Waals surface area contributed by atoms with E-state index in [0.29, 0.717) is 18.0 Å². The summed E-state index contributed by atoms with van der Waals surface area (Å²) in [5, 5.41) is 12.2. The molecule has 0 unspecified atom stereocenters. The van der Waals surface area contributed by atoms with Gasteiger partial charge in [-0.3, -0.25) is 0 Å². The molecule has 0 atom stereocenters. The summed E-state index contributed by atoms with van der Waals surface area (Å²) in [6.07, 6.45) is 0.842. The lowest BCUT2D eigenvalue weighted by Crippen LogP contribution is -2.16. The fourth-order valence-electron chi connectivity index (χ4n) is 2.21. The maximum Gasteiger partial charge on any atom is 0.161 e. The zero-order valence-electron chi connectivity index (χ0n) is 13.6. The van der Waals surface area contributed by atoms with Crippen molar-refractivity contribution in [3.8, 4) is 11.5 Å². The molecule has 0 fully saturated rings. The van der Waals surface area contributed by atoms with Crippen molar-refractivity contribution in [2.45, 2.75) is 13.0 Å². The number of aliphatic hydroxyl groups excluding tert-OH is 1. The summed E-state index contributed by atoms with van der Waals surface area (Å²) in [5.41, 5.74) is 2.18. The summed E-state index contributed by atoms with van der Waals surface area (Å²) >= 11 is 0. The Hall–Kier alpha value is -1.82. The number of benzene rings is 2. The van der Waals surface area contributed by atoms with Gasteiger partial charge in [-0.25, -0.2) is 4.39 Å². The summed E-state index contributed by atoms with van der Waals surface area (Å²) in [5.74, 6) is 1.06. The zero-order chi connectivity index (χ0) is 16.5. The van der Waals surface area contributed by atoms with Gasteiger partial charge >= 0.3 is 0 Å². The summed E-state index contributed by atoms with van der Waals surface area (Å²) in [6, 6.07) is 12.3. The molecule has 6 heteroatoms. The molecule has 0 saturated carbocycles. The SMILES string of the molecule is COc1cc(CNCCc2ccc(F)cc2)ccc1OCCO.Cl. The van der Waals surface area contributed by atoms with Crippen LogP contribution in [0.3, 0.4) is 0 Å². The van der Waals surface area contributed by atoms with Crippen molar-refractivity contribution in [2.24, 2.45) is 0 Å². The Bertz CT molecular complexity index is 608. The lowest BCUT2D eigenvalue weighted by molar-refractivity contribution is 0.196. The van der Waals surface area contributed by atoms with Gasteiger partial charge < -0.3 is 19.9 Å². The fourth-order valence-corrected chi connectivity index (χ4v) is 2.21. The molecule has 0 amide bonds. The van der Waals surface area contributed by atoms with Crippen molar-refractivity contribution in [3.05, 3.63) is 59.4 Å². The Morgan fingerprint density at radius 2 is 1.75 bits per heavy atom. The van der Waals surface area contributed by atoms with E-state index in [2.05, 4.69) is 5.32 Å². The van der Waals surface area contributed by atoms with E-state index in [-0.39, 0.29) is 31.4 Å². The third-order valence-corrected chi connectivity index (χ3v) is 3.41. The average molecular weight is 356 g/mol. The standard InChI is InChI=1S/C18H22FNO3.ClH/c1-22-18-12-15(4-7-17(18)23-11-10-21)13-20-9-8-14-2-5-16(19)6-3-14;/h2-7,12,20-21H,8-11,13H2,1H3;1H. The molecule has 4 nitrogen and oxygen atoms in total. The van der Waals surface area contributed by atoms with Crippen molar-refractivity contribution in [3.63, 3.8) is 0 Å². The number of halogens is 2. The van der Waals surface area contributed by atoms with E-state index in [0.717, 1.165) is 24.1 Å². The van der Waals surface area contributed by atoms with Crippen LogP contribution < -0.4 is 14.8 Å². The van der Waals surface area contributed by atoms with Crippen molar-refractivity contribution < 1.29 is 19.0 Å². The summed E-state index contributed by atoms with van der Waals surface area (Å²) in [4.78, 5) is 0. The Morgan fingerprint density at radius 3 is 2.42 bits per heavy atom. The van der Waals surface area contributed by atoms with E-state index in [9.17, 15) is 4.39 Å². The molecule has 2 rings (SSSR count). The number of hydrogen-bond acceptors (Lipinski definition) is 4. The van der Waals surface area contributed by atoms with Crippen LogP contribution in [0.15, 0.2) is 42.5 Å². The molecular formula is C18H23ClFNO3. The maximum absolute atomic E-state index is 12.8. The Morgan fingerprint density at radius 1 is 1.04 bits per heavy atom. The minimum atomic E-state index is -0.211. The highest BCUT2D eigenvalue weighted by atomic mass is 35.5. The molecule has 2 N–H and O–H groups in total. The number of nitrogens with one attached hydrogen (secondary N) is 1. The number of aliphatic hydroxyl groups is 1. The zero-order valence-corrected chi connectivity index (χ0v) is 14.4. The van der Waals surface area contributed by atoms with E-state index >= 15 is 0 Å². The van der Waals surface area contributed by atoms with Crippen LogP contribution in [0.2, 0.25) is 0 Å². The summed E-state index contributed by atoms with van der Waals surface area (Å²) < 4.78 is 23.5. The lowest BCUT2D eigenvalue weighted by atomic mass is 10.1. The monoisotopic (exact) mass is 355 g/mol. The predicted octanol–water partition coefficient (Wildman–Crippen LogP) is 2.96. The topological polar surface area (TPSA) is 50.7 Å². The summed E-state index contributed by atoms with van der Waals surface area (Å²) in [6.45, 7) is 1.72. The van der Waals surface area contributed by atoms with Crippen LogP contribution in [0.5, 0.6) is 11.5 Å². The van der Waals surface area contributed by atoms with Gasteiger partial charge in [0.1, 0.15) is 12.4 Å². The predicted molar refractivity (Wildman–Crippen MR) is 94.6 cm³/mol. The molecule has 0 heterocycles. The van der Waals surface area contributed by atoms with Gasteiger partial charge in [0, 0.05) is 6.54 Å². The first-order valence-corrected chi connectivity index (χ1v) is 7.58. The van der Waals surface area contributed by atoms with Gasteiger partial charge in [0.2, 0.25) is 0 Å². The molecule has 24 heavy (non-hydrogen) atoms. The van der Waals surface area contributed by atoms with Crippen LogP contribution in [0, 0.1) is 5.82 Å². The fraction of sp³-hybridized carbons (Fsp3) is 0.333. The van der Waals surface area contributed by atoms with Gasteiger partial charge in [0.25, 0.3) is 0 Å². The van der Waals surface area contributed by atoms with E-state index in [1.165, 1.54) is 12.1 Å². The molecule has 2 aromatic rings. The van der Waals surface area contributed by atoms with Crippen LogP contribution in [0.1, 0.15) is 11.1 Å². The molecule has 0 aliphatic carbocycles. The van der Waals surface area contributed by atoms with Gasteiger partial charge in [0.05, 0.1) is 13.7 Å². The van der Waals surface area contributed by atoms with Gasteiger partial charge in [-0.05, 0) is 48.4 Å².